The van der Waals surface area contributed by atoms with Gasteiger partial charge in [-0.2, -0.15) is 5.26 Å². The van der Waals surface area contributed by atoms with Gasteiger partial charge in [0.05, 0.1) is 18.4 Å². The fraction of sp³-hybridized carbons (Fsp3) is 0.368. The number of thiazole rings is 1. The maximum Gasteiger partial charge on any atom is 0.147 e. The van der Waals surface area contributed by atoms with Crippen LogP contribution in [0, 0.1) is 11.3 Å². The van der Waals surface area contributed by atoms with Crippen molar-refractivity contribution in [1.82, 2.24) is 20.0 Å². The minimum Gasteiger partial charge on any atom is -0.394 e. The molecule has 0 bridgehead atoms. The van der Waals surface area contributed by atoms with E-state index in [0.29, 0.717) is 26.3 Å². The first-order chi connectivity index (χ1) is 15.4. The smallest absolute Gasteiger partial charge is 0.147 e. The van der Waals surface area contributed by atoms with Gasteiger partial charge in [-0.15, -0.1) is 16.4 Å². The molecule has 13 heteroatoms. The summed E-state index contributed by atoms with van der Waals surface area (Å²) in [6.07, 6.45) is -1.02. The summed E-state index contributed by atoms with van der Waals surface area (Å²) in [5.41, 5.74) is 0.330. The van der Waals surface area contributed by atoms with E-state index in [1.807, 2.05) is 6.07 Å². The van der Waals surface area contributed by atoms with Gasteiger partial charge in [-0.3, -0.25) is 0 Å². The van der Waals surface area contributed by atoms with Crippen molar-refractivity contribution in [3.63, 3.8) is 0 Å². The summed E-state index contributed by atoms with van der Waals surface area (Å²) in [5.74, 6) is 0. The average Bonchev–Trinajstić information content (AvgIpc) is 3.43. The molecule has 4 rings (SSSR count). The highest BCUT2D eigenvalue weighted by Crippen LogP contribution is 2.41. The van der Waals surface area contributed by atoms with Gasteiger partial charge in [-0.1, -0.05) is 44.5 Å². The molecule has 168 valence electrons. The zero-order chi connectivity index (χ0) is 22.8. The van der Waals surface area contributed by atoms with Crippen molar-refractivity contribution < 1.29 is 19.7 Å². The lowest BCUT2D eigenvalue weighted by Crippen LogP contribution is -2.55. The highest BCUT2D eigenvalue weighted by Gasteiger charge is 2.47. The molecule has 0 saturated carbocycles. The summed E-state index contributed by atoms with van der Waals surface area (Å²) in [5, 5.41) is 41.2. The van der Waals surface area contributed by atoms with Crippen LogP contribution in [0.2, 0.25) is 5.15 Å². The summed E-state index contributed by atoms with van der Waals surface area (Å²) in [6.45, 7) is -0.404. The van der Waals surface area contributed by atoms with Gasteiger partial charge < -0.3 is 19.7 Å². The molecule has 1 fully saturated rings. The van der Waals surface area contributed by atoms with Gasteiger partial charge >= 0.3 is 0 Å². The molecule has 3 heterocycles. The van der Waals surface area contributed by atoms with E-state index in [-0.39, 0.29) is 0 Å². The van der Waals surface area contributed by atoms with E-state index in [9.17, 15) is 15.5 Å². The molecule has 0 radical (unpaired) electrons. The molecule has 0 amide bonds. The number of methoxy groups -OCH3 is 1. The lowest BCUT2D eigenvalue weighted by molar-refractivity contribution is -0.186. The third-order valence-corrected chi connectivity index (χ3v) is 7.80. The molecular formula is C19H17BrClN5O4S2. The van der Waals surface area contributed by atoms with Crippen molar-refractivity contribution in [2.24, 2.45) is 0 Å². The van der Waals surface area contributed by atoms with E-state index < -0.39 is 36.4 Å². The molecule has 5 atom stereocenters. The first kappa shape index (κ1) is 23.6. The Morgan fingerprint density at radius 2 is 2.28 bits per heavy atom. The second-order valence-corrected chi connectivity index (χ2v) is 10.1. The Morgan fingerprint density at radius 3 is 2.94 bits per heavy atom. The van der Waals surface area contributed by atoms with E-state index in [0.717, 1.165) is 4.47 Å². The molecule has 1 aromatic carbocycles. The Bertz CT molecular complexity index is 1140. The van der Waals surface area contributed by atoms with Crippen LogP contribution in [0.15, 0.2) is 39.1 Å². The predicted octanol–water partition coefficient (Wildman–Crippen LogP) is 3.12. The van der Waals surface area contributed by atoms with Crippen molar-refractivity contribution in [3.05, 3.63) is 45.0 Å². The minimum atomic E-state index is -1.12. The monoisotopic (exact) mass is 557 g/mol. The summed E-state index contributed by atoms with van der Waals surface area (Å²) in [7, 11) is 1.51. The van der Waals surface area contributed by atoms with Crippen LogP contribution >= 0.6 is 50.6 Å². The van der Waals surface area contributed by atoms with Crippen LogP contribution < -0.4 is 0 Å². The van der Waals surface area contributed by atoms with Crippen LogP contribution in [0.3, 0.4) is 0 Å². The second-order valence-electron chi connectivity index (χ2n) is 6.84. The zero-order valence-corrected chi connectivity index (χ0v) is 20.5. The van der Waals surface area contributed by atoms with Gasteiger partial charge in [0.25, 0.3) is 0 Å². The molecule has 0 aliphatic carbocycles. The second kappa shape index (κ2) is 10.1. The number of aliphatic hydroxyl groups excluding tert-OH is 2. The van der Waals surface area contributed by atoms with Crippen LogP contribution in [-0.2, 0) is 9.47 Å². The highest BCUT2D eigenvalue weighted by molar-refractivity contribution is 9.10. The SMILES string of the molecule is COC1C(Sc2cc(Br)ccc2C#N)OC(CO)C(O)C1n1cc(-c2nc(Cl)cs2)nn1. The maximum absolute atomic E-state index is 10.9. The third-order valence-electron chi connectivity index (χ3n) is 4.91. The molecule has 1 aliphatic rings. The lowest BCUT2D eigenvalue weighted by Gasteiger charge is -2.43. The molecule has 2 N–H and O–H groups in total. The number of hydrogen-bond donors (Lipinski definition) is 2. The van der Waals surface area contributed by atoms with Crippen LogP contribution in [0.25, 0.3) is 10.7 Å². The summed E-state index contributed by atoms with van der Waals surface area (Å²) < 4.78 is 14.0. The van der Waals surface area contributed by atoms with Crippen LogP contribution in [0.5, 0.6) is 0 Å². The average molecular weight is 559 g/mol. The summed E-state index contributed by atoms with van der Waals surface area (Å²) in [4.78, 5) is 4.88. The molecule has 2 aromatic heterocycles. The van der Waals surface area contributed by atoms with E-state index in [4.69, 9.17) is 21.1 Å². The Labute approximate surface area is 205 Å². The predicted molar refractivity (Wildman–Crippen MR) is 122 cm³/mol. The molecular weight excluding hydrogens is 542 g/mol. The number of nitrogens with zero attached hydrogens (tertiary/aromatic N) is 5. The number of rotatable bonds is 6. The molecule has 1 aliphatic heterocycles. The normalized spacial score (nSPS) is 25.6. The molecule has 9 nitrogen and oxygen atoms in total. The molecule has 3 aromatic rings. The number of hydrogen-bond acceptors (Lipinski definition) is 10. The van der Waals surface area contributed by atoms with E-state index in [2.05, 4.69) is 37.3 Å². The highest BCUT2D eigenvalue weighted by atomic mass is 79.9. The zero-order valence-electron chi connectivity index (χ0n) is 16.5. The van der Waals surface area contributed by atoms with Gasteiger partial charge in [0.1, 0.15) is 51.7 Å². The molecule has 1 saturated heterocycles. The number of aromatic nitrogens is 4. The van der Waals surface area contributed by atoms with Crippen LogP contribution in [-0.4, -0.2) is 67.7 Å². The number of thioether (sulfide) groups is 1. The van der Waals surface area contributed by atoms with Crippen LogP contribution in [0.4, 0.5) is 0 Å². The van der Waals surface area contributed by atoms with Crippen molar-refractivity contribution in [3.8, 4) is 16.8 Å². The number of benzene rings is 1. The summed E-state index contributed by atoms with van der Waals surface area (Å²) in [6, 6.07) is 6.75. The fourth-order valence-electron chi connectivity index (χ4n) is 3.41. The maximum atomic E-state index is 10.9. The topological polar surface area (TPSA) is 126 Å². The Hall–Kier alpha value is -1.56. The number of aliphatic hydroxyl groups is 2. The van der Waals surface area contributed by atoms with Gasteiger partial charge in [0.15, 0.2) is 0 Å². The minimum absolute atomic E-state index is 0.361. The molecule has 0 spiro atoms. The Kier molecular flexibility index (Phi) is 7.48. The van der Waals surface area contributed by atoms with Gasteiger partial charge in [0.2, 0.25) is 0 Å². The lowest BCUT2D eigenvalue weighted by atomic mass is 9.97. The number of nitriles is 1. The van der Waals surface area contributed by atoms with Crippen molar-refractivity contribution in [2.75, 3.05) is 13.7 Å². The number of ether oxygens (including phenoxy) is 2. The van der Waals surface area contributed by atoms with E-state index >= 15 is 0 Å². The first-order valence-electron chi connectivity index (χ1n) is 9.32. The molecule has 5 unspecified atom stereocenters. The molecule has 32 heavy (non-hydrogen) atoms. The standard InChI is InChI=1S/C19H17BrClN5O4S2/c1-29-17-15(26-6-11(24-25-26)18-23-14(21)8-31-18)16(28)12(7-27)30-19(17)32-13-4-10(20)3-2-9(13)5-22/h2-4,6,8,12,15-17,19,27-28H,7H2,1H3. The largest absolute Gasteiger partial charge is 0.394 e. The third kappa shape index (κ3) is 4.71. The van der Waals surface area contributed by atoms with E-state index in [1.165, 1.54) is 34.9 Å². The number of halogens is 2. The summed E-state index contributed by atoms with van der Waals surface area (Å²) >= 11 is 11.9. The quantitative estimate of drug-likeness (QED) is 0.469. The van der Waals surface area contributed by atoms with Crippen molar-refractivity contribution in [2.45, 2.75) is 34.7 Å². The van der Waals surface area contributed by atoms with Gasteiger partial charge in [0, 0.05) is 21.9 Å². The fourth-order valence-corrected chi connectivity index (χ4v) is 6.11. The Morgan fingerprint density at radius 1 is 1.47 bits per heavy atom. The van der Waals surface area contributed by atoms with Crippen molar-refractivity contribution >= 4 is 50.6 Å². The van der Waals surface area contributed by atoms with Crippen LogP contribution in [0.1, 0.15) is 11.6 Å². The first-order valence-corrected chi connectivity index (χ1v) is 12.2. The van der Waals surface area contributed by atoms with Crippen molar-refractivity contribution in [1.29, 1.82) is 5.26 Å². The van der Waals surface area contributed by atoms with Gasteiger partial charge in [-0.05, 0) is 18.2 Å². The Balaban J connectivity index is 1.68. The van der Waals surface area contributed by atoms with Gasteiger partial charge in [-0.25, -0.2) is 9.67 Å². The van der Waals surface area contributed by atoms with E-state index in [1.54, 1.807) is 23.7 Å².